The molecule has 3 rings (SSSR count). The molecule has 0 bridgehead atoms. The molecule has 1 unspecified atom stereocenters. The molecule has 33 heavy (non-hydrogen) atoms. The summed E-state index contributed by atoms with van der Waals surface area (Å²) >= 11 is 5.99. The Kier molecular flexibility index (Phi) is 6.58. The van der Waals surface area contributed by atoms with Gasteiger partial charge in [0.15, 0.2) is 12.4 Å². The molecule has 0 saturated heterocycles. The van der Waals surface area contributed by atoms with E-state index in [0.717, 1.165) is 13.0 Å². The number of pyridine rings is 1. The van der Waals surface area contributed by atoms with Gasteiger partial charge in [0.1, 0.15) is 11.6 Å². The first-order valence-corrected chi connectivity index (χ1v) is 9.41. The molecule has 13 heteroatoms. The highest BCUT2D eigenvalue weighted by molar-refractivity contribution is 6.32. The van der Waals surface area contributed by atoms with Gasteiger partial charge < -0.3 is 14.6 Å². The third-order valence-electron chi connectivity index (χ3n) is 4.41. The van der Waals surface area contributed by atoms with Gasteiger partial charge in [-0.05, 0) is 25.1 Å². The number of benzene rings is 1. The molecule has 1 aliphatic rings. The standard InChI is InChI=1S/C20H13ClF4N2O6/c1-9-10(20(23,24)25)5-16(28)27(19(9)31)13-7-15(11(21)6-12(13)22)33-14-3-2-4-26-18(14)32-8-17(29)30/h2-7,9H,8H2,1H3,(H,29,30). The van der Waals surface area contributed by atoms with Gasteiger partial charge >= 0.3 is 12.1 Å². The van der Waals surface area contributed by atoms with E-state index in [1.807, 2.05) is 0 Å². The van der Waals surface area contributed by atoms with E-state index in [0.29, 0.717) is 6.07 Å². The van der Waals surface area contributed by atoms with Crippen molar-refractivity contribution in [2.75, 3.05) is 11.5 Å². The van der Waals surface area contributed by atoms with Crippen molar-refractivity contribution in [2.45, 2.75) is 13.1 Å². The summed E-state index contributed by atoms with van der Waals surface area (Å²) in [6.45, 7) is 0.187. The van der Waals surface area contributed by atoms with Crippen LogP contribution in [0.2, 0.25) is 5.02 Å². The Labute approximate surface area is 188 Å². The van der Waals surface area contributed by atoms with Crippen LogP contribution in [-0.2, 0) is 14.4 Å². The third kappa shape index (κ3) is 5.06. The predicted molar refractivity (Wildman–Crippen MR) is 105 cm³/mol. The van der Waals surface area contributed by atoms with Crippen LogP contribution in [-0.4, -0.2) is 40.7 Å². The van der Waals surface area contributed by atoms with Crippen molar-refractivity contribution in [3.63, 3.8) is 0 Å². The quantitative estimate of drug-likeness (QED) is 0.481. The number of carboxylic acids is 1. The second-order valence-corrected chi connectivity index (χ2v) is 7.06. The fraction of sp³-hybridized carbons (Fsp3) is 0.200. The Morgan fingerprint density at radius 1 is 1.27 bits per heavy atom. The molecule has 0 saturated carbocycles. The molecule has 8 nitrogen and oxygen atoms in total. The maximum Gasteiger partial charge on any atom is 0.413 e. The fourth-order valence-electron chi connectivity index (χ4n) is 2.90. The molecule has 1 atom stereocenters. The Hall–Kier alpha value is -3.67. The lowest BCUT2D eigenvalue weighted by Gasteiger charge is -2.30. The molecule has 0 fully saturated rings. The molecule has 1 aromatic heterocycles. The summed E-state index contributed by atoms with van der Waals surface area (Å²) < 4.78 is 64.4. The monoisotopic (exact) mass is 488 g/mol. The molecule has 1 N–H and O–H groups in total. The fourth-order valence-corrected chi connectivity index (χ4v) is 3.09. The van der Waals surface area contributed by atoms with Crippen molar-refractivity contribution in [1.82, 2.24) is 4.98 Å². The lowest BCUT2D eigenvalue weighted by atomic mass is 9.94. The highest BCUT2D eigenvalue weighted by Crippen LogP contribution is 2.41. The number of ether oxygens (including phenoxy) is 2. The zero-order valence-electron chi connectivity index (χ0n) is 16.5. The zero-order valence-corrected chi connectivity index (χ0v) is 17.3. The number of hydrogen-bond donors (Lipinski definition) is 1. The predicted octanol–water partition coefficient (Wildman–Crippen LogP) is 4.13. The van der Waals surface area contributed by atoms with E-state index in [1.165, 1.54) is 18.3 Å². The van der Waals surface area contributed by atoms with Crippen LogP contribution < -0.4 is 14.4 Å². The highest BCUT2D eigenvalue weighted by Gasteiger charge is 2.46. The van der Waals surface area contributed by atoms with Crippen LogP contribution in [0.3, 0.4) is 0 Å². The Morgan fingerprint density at radius 3 is 2.61 bits per heavy atom. The second-order valence-electron chi connectivity index (χ2n) is 6.66. The van der Waals surface area contributed by atoms with Gasteiger partial charge in [-0.2, -0.15) is 13.2 Å². The average molecular weight is 489 g/mol. The number of amides is 2. The number of hydrogen-bond acceptors (Lipinski definition) is 6. The number of halogens is 5. The van der Waals surface area contributed by atoms with E-state index >= 15 is 0 Å². The number of anilines is 1. The van der Waals surface area contributed by atoms with Crippen molar-refractivity contribution in [1.29, 1.82) is 0 Å². The molecule has 0 radical (unpaired) electrons. The van der Waals surface area contributed by atoms with E-state index in [9.17, 15) is 31.9 Å². The first kappa shape index (κ1) is 24.0. The summed E-state index contributed by atoms with van der Waals surface area (Å²) in [5.74, 6) is -7.62. The van der Waals surface area contributed by atoms with Gasteiger partial charge in [0.05, 0.1) is 22.2 Å². The first-order chi connectivity index (χ1) is 15.4. The summed E-state index contributed by atoms with van der Waals surface area (Å²) in [5.41, 5.74) is -2.04. The van der Waals surface area contributed by atoms with Crippen molar-refractivity contribution < 1.29 is 46.5 Å². The molecule has 174 valence electrons. The largest absolute Gasteiger partial charge is 0.479 e. The summed E-state index contributed by atoms with van der Waals surface area (Å²) in [6.07, 6.45) is -3.42. The maximum absolute atomic E-state index is 14.6. The van der Waals surface area contributed by atoms with E-state index in [2.05, 4.69) is 4.98 Å². The summed E-state index contributed by atoms with van der Waals surface area (Å²) in [7, 11) is 0. The van der Waals surface area contributed by atoms with Gasteiger partial charge in [0.2, 0.25) is 5.91 Å². The van der Waals surface area contributed by atoms with Crippen LogP contribution in [0.15, 0.2) is 42.1 Å². The maximum atomic E-state index is 14.6. The molecule has 1 aromatic carbocycles. The van der Waals surface area contributed by atoms with Gasteiger partial charge in [-0.15, -0.1) is 0 Å². The van der Waals surface area contributed by atoms with Gasteiger partial charge in [-0.25, -0.2) is 19.1 Å². The first-order valence-electron chi connectivity index (χ1n) is 9.03. The Balaban J connectivity index is 2.00. The van der Waals surface area contributed by atoms with Crippen molar-refractivity contribution >= 4 is 35.1 Å². The molecule has 2 amide bonds. The number of nitrogens with zero attached hydrogens (tertiary/aromatic N) is 2. The highest BCUT2D eigenvalue weighted by atomic mass is 35.5. The topological polar surface area (TPSA) is 106 Å². The normalized spacial score (nSPS) is 16.5. The number of aliphatic carboxylic acids is 1. The summed E-state index contributed by atoms with van der Waals surface area (Å²) in [6, 6.07) is 4.28. The number of carbonyl (C=O) groups excluding carboxylic acids is 2. The minimum absolute atomic E-state index is 0.137. The van der Waals surface area contributed by atoms with E-state index in [-0.39, 0.29) is 33.4 Å². The molecule has 1 aliphatic heterocycles. The average Bonchev–Trinajstić information content (AvgIpc) is 2.72. The van der Waals surface area contributed by atoms with Gasteiger partial charge in [0.25, 0.3) is 11.8 Å². The van der Waals surface area contributed by atoms with Crippen LogP contribution in [0.25, 0.3) is 0 Å². The van der Waals surface area contributed by atoms with Crippen molar-refractivity contribution in [2.24, 2.45) is 5.92 Å². The van der Waals surface area contributed by atoms with E-state index < -0.39 is 53.6 Å². The third-order valence-corrected chi connectivity index (χ3v) is 4.71. The molecular formula is C20H13ClF4N2O6. The van der Waals surface area contributed by atoms with E-state index in [4.69, 9.17) is 26.2 Å². The number of carboxylic acid groups (broad SMARTS) is 1. The lowest BCUT2D eigenvalue weighted by molar-refractivity contribution is -0.139. The number of aromatic nitrogens is 1. The minimum atomic E-state index is -4.92. The van der Waals surface area contributed by atoms with Gasteiger partial charge in [-0.1, -0.05) is 11.6 Å². The van der Waals surface area contributed by atoms with Crippen LogP contribution in [0.4, 0.5) is 23.2 Å². The molecule has 2 aromatic rings. The molecule has 0 aliphatic carbocycles. The minimum Gasteiger partial charge on any atom is -0.479 e. The number of imide groups is 1. The van der Waals surface area contributed by atoms with E-state index in [1.54, 1.807) is 0 Å². The number of carbonyl (C=O) groups is 3. The second kappa shape index (κ2) is 9.06. The lowest BCUT2D eigenvalue weighted by Crippen LogP contribution is -2.46. The van der Waals surface area contributed by atoms with Crippen LogP contribution in [0, 0.1) is 11.7 Å². The summed E-state index contributed by atoms with van der Waals surface area (Å²) in [4.78, 5) is 39.7. The zero-order chi connectivity index (χ0) is 24.5. The van der Waals surface area contributed by atoms with Crippen LogP contribution in [0.1, 0.15) is 6.92 Å². The SMILES string of the molecule is CC1C(=O)N(c2cc(Oc3cccnc3OCC(=O)O)c(Cl)cc2F)C(=O)C=C1C(F)(F)F. The molecular weight excluding hydrogens is 476 g/mol. The van der Waals surface area contributed by atoms with Gasteiger partial charge in [-0.3, -0.25) is 9.59 Å². The number of rotatable bonds is 6. The molecule has 2 heterocycles. The van der Waals surface area contributed by atoms with Crippen LogP contribution >= 0.6 is 11.6 Å². The Morgan fingerprint density at radius 2 is 1.97 bits per heavy atom. The van der Waals surface area contributed by atoms with Crippen LogP contribution in [0.5, 0.6) is 17.4 Å². The number of alkyl halides is 3. The summed E-state index contributed by atoms with van der Waals surface area (Å²) in [5, 5.41) is 8.43. The van der Waals surface area contributed by atoms with Gasteiger partial charge in [0, 0.05) is 18.3 Å². The Bertz CT molecular complexity index is 1170. The molecule has 0 spiro atoms. The van der Waals surface area contributed by atoms with Crippen molar-refractivity contribution in [3.05, 3.63) is 53.0 Å². The van der Waals surface area contributed by atoms with Crippen molar-refractivity contribution in [3.8, 4) is 17.4 Å². The smallest absolute Gasteiger partial charge is 0.413 e.